The number of rotatable bonds is 5. The number of allylic oxidation sites excluding steroid dienone is 4. The Bertz CT molecular complexity index is 4380. The van der Waals surface area contributed by atoms with Crippen molar-refractivity contribution in [3.8, 4) is 44.6 Å². The minimum Gasteiger partial charge on any atom is -0.291 e. The number of hydrogen-bond donors (Lipinski definition) is 0. The second kappa shape index (κ2) is 15.1. The third-order valence-electron chi connectivity index (χ3n) is 15.5. The van der Waals surface area contributed by atoms with Crippen molar-refractivity contribution in [1.29, 1.82) is 0 Å². The number of fused-ring (bicyclic) bond motifs is 14. The molecule has 2 atom stereocenters. The van der Waals surface area contributed by atoms with Crippen LogP contribution in [0.1, 0.15) is 30.0 Å². The third kappa shape index (κ3) is 5.70. The van der Waals surface area contributed by atoms with Gasteiger partial charge in [-0.25, -0.2) is 4.98 Å². The average molecular weight is 909 g/mol. The molecule has 15 rings (SSSR count). The summed E-state index contributed by atoms with van der Waals surface area (Å²) >= 11 is 1.85. The van der Waals surface area contributed by atoms with Gasteiger partial charge in [0.2, 0.25) is 0 Å². The van der Waals surface area contributed by atoms with Crippen molar-refractivity contribution in [2.24, 2.45) is 5.92 Å². The Morgan fingerprint density at radius 3 is 1.90 bits per heavy atom. The molecule has 0 spiro atoms. The molecule has 70 heavy (non-hydrogen) atoms. The molecular formula is C67H44N2S. The molecular weight excluding hydrogens is 865 g/mol. The molecule has 2 aliphatic rings. The fourth-order valence-electron chi connectivity index (χ4n) is 12.3. The van der Waals surface area contributed by atoms with Crippen LogP contribution in [-0.2, 0) is 5.41 Å². The van der Waals surface area contributed by atoms with Crippen LogP contribution in [0.5, 0.6) is 0 Å². The van der Waals surface area contributed by atoms with Crippen molar-refractivity contribution >= 4 is 80.5 Å². The van der Waals surface area contributed by atoms with Gasteiger partial charge in [0.15, 0.2) is 5.65 Å². The van der Waals surface area contributed by atoms with Gasteiger partial charge in [-0.1, -0.05) is 201 Å². The number of aromatic nitrogens is 2. The molecule has 0 amide bonds. The number of nitrogens with zero attached hydrogens (tertiary/aromatic N) is 2. The van der Waals surface area contributed by atoms with E-state index in [4.69, 9.17) is 4.98 Å². The highest BCUT2D eigenvalue weighted by atomic mass is 32.1. The molecule has 2 aliphatic carbocycles. The van der Waals surface area contributed by atoms with E-state index < -0.39 is 5.41 Å². The molecule has 328 valence electrons. The van der Waals surface area contributed by atoms with Crippen LogP contribution < -0.4 is 0 Å². The van der Waals surface area contributed by atoms with E-state index in [1.165, 1.54) is 108 Å². The molecule has 0 radical (unpaired) electrons. The van der Waals surface area contributed by atoms with Gasteiger partial charge in [-0.2, -0.15) is 0 Å². The maximum atomic E-state index is 5.58. The van der Waals surface area contributed by atoms with Gasteiger partial charge in [0.25, 0.3) is 0 Å². The first-order valence-electron chi connectivity index (χ1n) is 24.5. The molecule has 10 aromatic carbocycles. The predicted octanol–water partition coefficient (Wildman–Crippen LogP) is 18.2. The first kappa shape index (κ1) is 39.6. The molecule has 0 bridgehead atoms. The van der Waals surface area contributed by atoms with Crippen molar-refractivity contribution in [1.82, 2.24) is 9.38 Å². The van der Waals surface area contributed by atoms with Gasteiger partial charge in [-0.05, 0) is 137 Å². The maximum absolute atomic E-state index is 5.58. The molecule has 3 aromatic heterocycles. The quantitative estimate of drug-likeness (QED) is 0.157. The molecule has 3 heterocycles. The monoisotopic (exact) mass is 908 g/mol. The predicted molar refractivity (Wildman–Crippen MR) is 297 cm³/mol. The zero-order valence-corrected chi connectivity index (χ0v) is 39.3. The molecule has 0 fully saturated rings. The molecule has 0 N–H and O–H groups in total. The largest absolute Gasteiger partial charge is 0.291 e. The Labute approximate surface area is 409 Å². The summed E-state index contributed by atoms with van der Waals surface area (Å²) in [5.41, 5.74) is 17.9. The van der Waals surface area contributed by atoms with Crippen LogP contribution >= 0.6 is 11.3 Å². The Kier molecular flexibility index (Phi) is 8.52. The molecule has 0 aliphatic heterocycles. The van der Waals surface area contributed by atoms with Gasteiger partial charge in [0.05, 0.1) is 26.8 Å². The average Bonchev–Trinajstić information content (AvgIpc) is 4.09. The second-order valence-corrected chi connectivity index (χ2v) is 20.5. The standard InChI is InChI=1S/C67H44N2S/c1-41-13-11-20-52(35-41)67(51-18-3-2-4-19-51)58-23-10-9-21-54(58)63-53(22-12-24-59(63)67)44-29-25-42(26-30-44)43-27-31-45(32-28-43)61-40-57-56-38-48-16-7-8-17-49(48)39-62(56)70-65(57)66-68-64-55-37-47-15-6-5-14-46(47)36-50(55)33-34-60(64)69(61)66/h2-12,14-41H,13H2,1H3. The minimum absolute atomic E-state index is 0.400. The fourth-order valence-corrected chi connectivity index (χ4v) is 13.5. The summed E-state index contributed by atoms with van der Waals surface area (Å²) in [5.74, 6) is 0.474. The Balaban J connectivity index is 0.859. The lowest BCUT2D eigenvalue weighted by molar-refractivity contribution is 0.683. The van der Waals surface area contributed by atoms with Crippen LogP contribution in [0.4, 0.5) is 0 Å². The molecule has 3 heteroatoms. The van der Waals surface area contributed by atoms with E-state index in [0.29, 0.717) is 5.92 Å². The van der Waals surface area contributed by atoms with Gasteiger partial charge in [-0.3, -0.25) is 4.40 Å². The fraction of sp³-hybridized carbons (Fsp3) is 0.0597. The van der Waals surface area contributed by atoms with Crippen LogP contribution in [-0.4, -0.2) is 9.38 Å². The minimum atomic E-state index is -0.400. The summed E-state index contributed by atoms with van der Waals surface area (Å²) in [6, 6.07) is 79.3. The maximum Gasteiger partial charge on any atom is 0.156 e. The highest BCUT2D eigenvalue weighted by Gasteiger charge is 2.47. The first-order valence-corrected chi connectivity index (χ1v) is 25.3. The van der Waals surface area contributed by atoms with E-state index in [-0.39, 0.29) is 0 Å². The van der Waals surface area contributed by atoms with Gasteiger partial charge in [-0.15, -0.1) is 11.3 Å². The summed E-state index contributed by atoms with van der Waals surface area (Å²) in [6.45, 7) is 2.34. The molecule has 0 saturated carbocycles. The summed E-state index contributed by atoms with van der Waals surface area (Å²) in [6.07, 6.45) is 8.34. The van der Waals surface area contributed by atoms with Crippen LogP contribution in [0, 0.1) is 5.92 Å². The highest BCUT2D eigenvalue weighted by Crippen LogP contribution is 2.59. The van der Waals surface area contributed by atoms with E-state index in [1.54, 1.807) is 0 Å². The smallest absolute Gasteiger partial charge is 0.156 e. The van der Waals surface area contributed by atoms with Gasteiger partial charge < -0.3 is 0 Å². The van der Waals surface area contributed by atoms with Crippen molar-refractivity contribution in [2.45, 2.75) is 18.8 Å². The Morgan fingerprint density at radius 1 is 0.514 bits per heavy atom. The molecule has 13 aromatic rings. The Hall–Kier alpha value is -8.37. The number of imidazole rings is 1. The van der Waals surface area contributed by atoms with Crippen LogP contribution in [0.2, 0.25) is 0 Å². The topological polar surface area (TPSA) is 17.3 Å². The van der Waals surface area contributed by atoms with Crippen molar-refractivity contribution < 1.29 is 0 Å². The van der Waals surface area contributed by atoms with E-state index in [0.717, 1.165) is 34.4 Å². The van der Waals surface area contributed by atoms with Crippen molar-refractivity contribution in [3.63, 3.8) is 0 Å². The zero-order chi connectivity index (χ0) is 46.1. The van der Waals surface area contributed by atoms with Crippen LogP contribution in [0.3, 0.4) is 0 Å². The number of thiophene rings is 1. The lowest BCUT2D eigenvalue weighted by Crippen LogP contribution is -2.30. The van der Waals surface area contributed by atoms with E-state index in [1.807, 2.05) is 11.3 Å². The molecule has 2 unspecified atom stereocenters. The molecule has 2 nitrogen and oxygen atoms in total. The number of pyridine rings is 1. The zero-order valence-electron chi connectivity index (χ0n) is 38.5. The third-order valence-corrected chi connectivity index (χ3v) is 16.7. The summed E-state index contributed by atoms with van der Waals surface area (Å²) < 4.78 is 4.91. The van der Waals surface area contributed by atoms with Gasteiger partial charge >= 0.3 is 0 Å². The normalized spacial score (nSPS) is 16.5. The highest BCUT2D eigenvalue weighted by molar-refractivity contribution is 7.26. The summed E-state index contributed by atoms with van der Waals surface area (Å²) in [7, 11) is 0. The second-order valence-electron chi connectivity index (χ2n) is 19.5. The van der Waals surface area contributed by atoms with Crippen LogP contribution in [0.15, 0.2) is 236 Å². The van der Waals surface area contributed by atoms with Gasteiger partial charge in [0, 0.05) is 20.9 Å². The van der Waals surface area contributed by atoms with E-state index in [2.05, 4.69) is 242 Å². The molecule has 0 saturated heterocycles. The first-order chi connectivity index (χ1) is 34.6. The van der Waals surface area contributed by atoms with Crippen molar-refractivity contribution in [3.05, 3.63) is 253 Å². The number of hydrogen-bond acceptors (Lipinski definition) is 2. The Morgan fingerprint density at radius 2 is 1.14 bits per heavy atom. The lowest BCUT2D eigenvalue weighted by Gasteiger charge is -2.36. The van der Waals surface area contributed by atoms with E-state index in [9.17, 15) is 0 Å². The number of benzene rings is 10. The van der Waals surface area contributed by atoms with Crippen LogP contribution in [0.25, 0.3) is 114 Å². The summed E-state index contributed by atoms with van der Waals surface area (Å²) in [5, 5.41) is 9.89. The SMILES string of the molecule is CC1C=C(C2(c3ccccc3)c3ccccc3-c3c(-c4ccc(-c5ccc(-c6cc7c8cc9ccccc9cc8sc7c7nc8c9cc%10ccccc%10cc9ccc8n67)cc5)cc4)cccc32)C=CC1. The summed E-state index contributed by atoms with van der Waals surface area (Å²) in [4.78, 5) is 5.58. The van der Waals surface area contributed by atoms with Gasteiger partial charge in [0.1, 0.15) is 0 Å². The lowest BCUT2D eigenvalue weighted by atomic mass is 9.65. The van der Waals surface area contributed by atoms with Crippen molar-refractivity contribution in [2.75, 3.05) is 0 Å². The van der Waals surface area contributed by atoms with E-state index >= 15 is 0 Å².